The maximum atomic E-state index is 11.7. The highest BCUT2D eigenvalue weighted by Crippen LogP contribution is 2.26. The second-order valence-corrected chi connectivity index (χ2v) is 4.22. The van der Waals surface area contributed by atoms with Gasteiger partial charge in [0.05, 0.1) is 39.0 Å². The van der Waals surface area contributed by atoms with Crippen molar-refractivity contribution in [1.29, 1.82) is 0 Å². The highest BCUT2D eigenvalue weighted by atomic mass is 16.5. The first-order valence-corrected chi connectivity index (χ1v) is 6.25. The molecule has 2 N–H and O–H groups in total. The van der Waals surface area contributed by atoms with E-state index in [0.717, 1.165) is 0 Å². The molecule has 0 bridgehead atoms. The summed E-state index contributed by atoms with van der Waals surface area (Å²) < 4.78 is 13.7. The zero-order valence-corrected chi connectivity index (χ0v) is 12.4. The molecule has 0 heterocycles. The van der Waals surface area contributed by atoms with E-state index in [-0.39, 0.29) is 23.4 Å². The molecule has 8 heteroatoms. The number of anilines is 1. The van der Waals surface area contributed by atoms with E-state index in [1.165, 1.54) is 39.5 Å². The average Bonchev–Trinajstić information content (AvgIpc) is 2.54. The number of phenolic OH excluding ortho intramolecular Hbond substituents is 1. The quantitative estimate of drug-likeness (QED) is 0.448. The van der Waals surface area contributed by atoms with Crippen LogP contribution >= 0.6 is 0 Å². The van der Waals surface area contributed by atoms with E-state index >= 15 is 0 Å². The van der Waals surface area contributed by atoms with Gasteiger partial charge in [0, 0.05) is 0 Å². The molecule has 1 aromatic rings. The Morgan fingerprint density at radius 2 is 1.82 bits per heavy atom. The first kappa shape index (κ1) is 17.3. The van der Waals surface area contributed by atoms with E-state index in [4.69, 9.17) is 0 Å². The Kier molecular flexibility index (Phi) is 6.18. The van der Waals surface area contributed by atoms with E-state index < -0.39 is 23.9 Å². The van der Waals surface area contributed by atoms with Crippen molar-refractivity contribution in [2.45, 2.75) is 12.5 Å². The van der Waals surface area contributed by atoms with Crippen molar-refractivity contribution in [3.63, 3.8) is 0 Å². The van der Waals surface area contributed by atoms with Crippen molar-refractivity contribution in [3.05, 3.63) is 23.8 Å². The van der Waals surface area contributed by atoms with E-state index in [2.05, 4.69) is 19.5 Å². The second-order valence-electron chi connectivity index (χ2n) is 4.22. The summed E-state index contributed by atoms with van der Waals surface area (Å²) >= 11 is 0. The molecular weight excluding hydrogens is 294 g/mol. The third-order valence-electron chi connectivity index (χ3n) is 2.83. The maximum Gasteiger partial charge on any atom is 0.337 e. The number of hydrogen-bond acceptors (Lipinski definition) is 8. The van der Waals surface area contributed by atoms with Crippen LogP contribution in [0.25, 0.3) is 0 Å². The van der Waals surface area contributed by atoms with Gasteiger partial charge in [0.1, 0.15) is 11.8 Å². The largest absolute Gasteiger partial charge is 0.506 e. The standard InChI is InChI=1S/C14H17NO7/c1-20-12(17)7-10(14(19)22-3)15-9-6-8(13(18)21-2)4-5-11(9)16/h4-6,10,15-16H,7H2,1-3H3/t10-/m0/s1. The minimum absolute atomic E-state index is 0.0854. The van der Waals surface area contributed by atoms with E-state index in [0.29, 0.717) is 0 Å². The summed E-state index contributed by atoms with van der Waals surface area (Å²) in [5.41, 5.74) is 0.256. The van der Waals surface area contributed by atoms with Crippen LogP contribution in [0.4, 0.5) is 5.69 Å². The lowest BCUT2D eigenvalue weighted by molar-refractivity contribution is -0.148. The van der Waals surface area contributed by atoms with Gasteiger partial charge in [-0.3, -0.25) is 4.79 Å². The molecule has 0 fully saturated rings. The van der Waals surface area contributed by atoms with Crippen LogP contribution in [-0.4, -0.2) is 50.4 Å². The summed E-state index contributed by atoms with van der Waals surface area (Å²) in [7, 11) is 3.57. The normalized spacial score (nSPS) is 11.2. The average molecular weight is 311 g/mol. The summed E-state index contributed by atoms with van der Waals surface area (Å²) in [5, 5.41) is 12.5. The molecule has 8 nitrogen and oxygen atoms in total. The highest BCUT2D eigenvalue weighted by Gasteiger charge is 2.24. The second kappa shape index (κ2) is 7.87. The molecule has 22 heavy (non-hydrogen) atoms. The molecule has 0 aliphatic heterocycles. The van der Waals surface area contributed by atoms with Gasteiger partial charge in [-0.15, -0.1) is 0 Å². The topological polar surface area (TPSA) is 111 Å². The Morgan fingerprint density at radius 1 is 1.14 bits per heavy atom. The van der Waals surface area contributed by atoms with E-state index in [1.807, 2.05) is 0 Å². The summed E-state index contributed by atoms with van der Waals surface area (Å²) in [6.07, 6.45) is -0.301. The third-order valence-corrected chi connectivity index (χ3v) is 2.83. The molecule has 0 saturated carbocycles. The number of benzene rings is 1. The first-order chi connectivity index (χ1) is 10.4. The van der Waals surface area contributed by atoms with Gasteiger partial charge in [0.25, 0.3) is 0 Å². The van der Waals surface area contributed by atoms with Crippen molar-refractivity contribution in [3.8, 4) is 5.75 Å². The van der Waals surface area contributed by atoms with Crippen LogP contribution < -0.4 is 5.32 Å². The Bertz CT molecular complexity index is 570. The predicted octanol–water partition coefficient (Wildman–Crippen LogP) is 0.695. The molecule has 0 aliphatic rings. The molecule has 1 atom stereocenters. The fourth-order valence-corrected chi connectivity index (χ4v) is 1.67. The summed E-state index contributed by atoms with van der Waals surface area (Å²) in [6, 6.07) is 2.85. The van der Waals surface area contributed by atoms with Crippen LogP contribution in [0.1, 0.15) is 16.8 Å². The van der Waals surface area contributed by atoms with Crippen LogP contribution in [0.3, 0.4) is 0 Å². The molecule has 120 valence electrons. The molecule has 0 saturated heterocycles. The zero-order valence-electron chi connectivity index (χ0n) is 12.4. The smallest absolute Gasteiger partial charge is 0.337 e. The van der Waals surface area contributed by atoms with Gasteiger partial charge in [-0.05, 0) is 18.2 Å². The lowest BCUT2D eigenvalue weighted by atomic mass is 10.1. The van der Waals surface area contributed by atoms with Crippen LogP contribution in [-0.2, 0) is 23.8 Å². The number of rotatable bonds is 6. The molecule has 0 radical (unpaired) electrons. The lowest BCUT2D eigenvalue weighted by Crippen LogP contribution is -2.33. The number of esters is 3. The van der Waals surface area contributed by atoms with Crippen molar-refractivity contribution in [1.82, 2.24) is 0 Å². The minimum Gasteiger partial charge on any atom is -0.506 e. The van der Waals surface area contributed by atoms with E-state index in [1.54, 1.807) is 0 Å². The maximum absolute atomic E-state index is 11.7. The SMILES string of the molecule is COC(=O)C[C@H](Nc1cc(C(=O)OC)ccc1O)C(=O)OC. The Balaban J connectivity index is 3.03. The fraction of sp³-hybridized carbons (Fsp3) is 0.357. The molecule has 1 rings (SSSR count). The molecule has 0 spiro atoms. The van der Waals surface area contributed by atoms with E-state index in [9.17, 15) is 19.5 Å². The van der Waals surface area contributed by atoms with Crippen molar-refractivity contribution in [2.75, 3.05) is 26.6 Å². The van der Waals surface area contributed by atoms with Crippen molar-refractivity contribution >= 4 is 23.6 Å². The molecule has 0 unspecified atom stereocenters. The van der Waals surface area contributed by atoms with Gasteiger partial charge in [0.15, 0.2) is 0 Å². The van der Waals surface area contributed by atoms with Gasteiger partial charge < -0.3 is 24.6 Å². The minimum atomic E-state index is -1.07. The number of ether oxygens (including phenoxy) is 3. The van der Waals surface area contributed by atoms with Gasteiger partial charge in [-0.25, -0.2) is 9.59 Å². The van der Waals surface area contributed by atoms with Crippen molar-refractivity contribution < 1.29 is 33.7 Å². The number of phenols is 1. The van der Waals surface area contributed by atoms with Crippen LogP contribution in [0, 0.1) is 0 Å². The fourth-order valence-electron chi connectivity index (χ4n) is 1.67. The van der Waals surface area contributed by atoms with Crippen LogP contribution in [0.2, 0.25) is 0 Å². The first-order valence-electron chi connectivity index (χ1n) is 6.25. The summed E-state index contributed by atoms with van der Waals surface area (Å²) in [4.78, 5) is 34.5. The molecule has 0 aromatic heterocycles. The highest BCUT2D eigenvalue weighted by molar-refractivity contribution is 5.92. The zero-order chi connectivity index (χ0) is 16.7. The number of methoxy groups -OCH3 is 3. The van der Waals surface area contributed by atoms with Gasteiger partial charge in [-0.2, -0.15) is 0 Å². The molecule has 0 amide bonds. The third kappa shape index (κ3) is 4.37. The predicted molar refractivity (Wildman–Crippen MR) is 75.5 cm³/mol. The number of nitrogens with one attached hydrogen (secondary N) is 1. The van der Waals surface area contributed by atoms with Crippen LogP contribution in [0.5, 0.6) is 5.75 Å². The number of carbonyl (C=O) groups is 3. The summed E-state index contributed by atoms with van der Waals surface area (Å²) in [5.74, 6) is -2.16. The van der Waals surface area contributed by atoms with Gasteiger partial charge in [-0.1, -0.05) is 0 Å². The Labute approximate surface area is 127 Å². The summed E-state index contributed by atoms with van der Waals surface area (Å²) in [6.45, 7) is 0. The van der Waals surface area contributed by atoms with Gasteiger partial charge in [0.2, 0.25) is 0 Å². The molecule has 0 aliphatic carbocycles. The number of aromatic hydroxyl groups is 1. The van der Waals surface area contributed by atoms with Crippen LogP contribution in [0.15, 0.2) is 18.2 Å². The number of carbonyl (C=O) groups excluding carboxylic acids is 3. The molecular formula is C14H17NO7. The van der Waals surface area contributed by atoms with Gasteiger partial charge >= 0.3 is 17.9 Å². The Morgan fingerprint density at radius 3 is 2.36 bits per heavy atom. The monoisotopic (exact) mass is 311 g/mol. The number of hydrogen-bond donors (Lipinski definition) is 2. The molecule has 1 aromatic carbocycles. The Hall–Kier alpha value is -2.77. The lowest BCUT2D eigenvalue weighted by Gasteiger charge is -2.17. The van der Waals surface area contributed by atoms with Crippen molar-refractivity contribution in [2.24, 2.45) is 0 Å².